The van der Waals surface area contributed by atoms with Crippen molar-refractivity contribution in [2.24, 2.45) is 0 Å². The van der Waals surface area contributed by atoms with Gasteiger partial charge in [-0.1, -0.05) is 22.8 Å². The van der Waals surface area contributed by atoms with Gasteiger partial charge >= 0.3 is 6.01 Å². The molecule has 0 aliphatic heterocycles. The molecular formula is C20H21N3O4S. The summed E-state index contributed by atoms with van der Waals surface area (Å²) in [5.74, 6) is -0.157. The summed E-state index contributed by atoms with van der Waals surface area (Å²) in [6, 6.07) is 11.5. The highest BCUT2D eigenvalue weighted by Gasteiger charge is 2.20. The maximum absolute atomic E-state index is 12.4. The number of aromatic nitrogens is 2. The number of hydrogen-bond acceptors (Lipinski definition) is 6. The van der Waals surface area contributed by atoms with E-state index in [4.69, 9.17) is 4.42 Å². The van der Waals surface area contributed by atoms with Crippen LogP contribution < -0.4 is 5.32 Å². The van der Waals surface area contributed by atoms with Crippen molar-refractivity contribution in [3.63, 3.8) is 0 Å². The lowest BCUT2D eigenvalue weighted by molar-refractivity contribution is 0.102. The second-order valence-corrected chi connectivity index (χ2v) is 9.31. The van der Waals surface area contributed by atoms with Crippen LogP contribution in [0.4, 0.5) is 6.01 Å². The first-order valence-corrected chi connectivity index (χ1v) is 10.3. The molecule has 0 saturated heterocycles. The molecule has 7 nitrogen and oxygen atoms in total. The van der Waals surface area contributed by atoms with Crippen molar-refractivity contribution in [1.29, 1.82) is 0 Å². The average molecular weight is 399 g/mol. The zero-order valence-corrected chi connectivity index (χ0v) is 16.9. The molecule has 1 N–H and O–H groups in total. The summed E-state index contributed by atoms with van der Waals surface area (Å²) in [4.78, 5) is 12.6. The Hall–Kier alpha value is -3.00. The molecular weight excluding hydrogens is 378 g/mol. The lowest BCUT2D eigenvalue weighted by atomic mass is 10.1. The number of amides is 1. The van der Waals surface area contributed by atoms with Gasteiger partial charge in [-0.25, -0.2) is 8.42 Å². The van der Waals surface area contributed by atoms with Crippen LogP contribution in [0.15, 0.2) is 51.8 Å². The van der Waals surface area contributed by atoms with Crippen molar-refractivity contribution in [2.75, 3.05) is 5.32 Å². The summed E-state index contributed by atoms with van der Waals surface area (Å²) in [6.45, 7) is 7.16. The molecule has 3 rings (SSSR count). The normalized spacial score (nSPS) is 11.6. The standard InChI is InChI=1S/C20H21N3O4S/c1-12(2)28(25,26)16-8-6-15(7-9-16)18(24)21-20-23-22-19(27-20)17-10-5-13(3)11-14(17)4/h5-12H,1-4H3,(H,21,23,24). The fraction of sp³-hybridized carbons (Fsp3) is 0.250. The molecule has 0 aliphatic carbocycles. The van der Waals surface area contributed by atoms with Crippen molar-refractivity contribution in [1.82, 2.24) is 10.2 Å². The van der Waals surface area contributed by atoms with E-state index in [0.29, 0.717) is 5.89 Å². The topological polar surface area (TPSA) is 102 Å². The average Bonchev–Trinajstić information content (AvgIpc) is 3.09. The van der Waals surface area contributed by atoms with Gasteiger partial charge < -0.3 is 4.42 Å². The van der Waals surface area contributed by atoms with E-state index >= 15 is 0 Å². The molecule has 8 heteroatoms. The molecule has 0 saturated carbocycles. The summed E-state index contributed by atoms with van der Waals surface area (Å²) < 4.78 is 29.9. The lowest BCUT2D eigenvalue weighted by Crippen LogP contribution is -2.15. The van der Waals surface area contributed by atoms with Gasteiger partial charge in [0.1, 0.15) is 0 Å². The molecule has 1 aromatic heterocycles. The molecule has 0 spiro atoms. The Labute approximate surface area is 163 Å². The van der Waals surface area contributed by atoms with E-state index < -0.39 is 21.0 Å². The Balaban J connectivity index is 1.76. The third kappa shape index (κ3) is 3.96. The third-order valence-electron chi connectivity index (χ3n) is 4.32. The molecule has 0 aliphatic rings. The molecule has 0 bridgehead atoms. The Morgan fingerprint density at radius 3 is 2.32 bits per heavy atom. The van der Waals surface area contributed by atoms with Crippen LogP contribution in [-0.4, -0.2) is 29.8 Å². The molecule has 2 aromatic carbocycles. The van der Waals surface area contributed by atoms with E-state index in [-0.39, 0.29) is 16.5 Å². The van der Waals surface area contributed by atoms with Crippen LogP contribution >= 0.6 is 0 Å². The van der Waals surface area contributed by atoms with E-state index in [1.54, 1.807) is 13.8 Å². The second-order valence-electron chi connectivity index (χ2n) is 6.80. The molecule has 28 heavy (non-hydrogen) atoms. The Morgan fingerprint density at radius 1 is 1.04 bits per heavy atom. The van der Waals surface area contributed by atoms with Crippen LogP contribution in [0.5, 0.6) is 0 Å². The zero-order valence-electron chi connectivity index (χ0n) is 16.1. The fourth-order valence-corrected chi connectivity index (χ4v) is 3.73. The minimum Gasteiger partial charge on any atom is -0.403 e. The maximum atomic E-state index is 12.4. The molecule has 1 heterocycles. The van der Waals surface area contributed by atoms with Crippen LogP contribution in [0.25, 0.3) is 11.5 Å². The molecule has 1 amide bonds. The largest absolute Gasteiger partial charge is 0.403 e. The first-order chi connectivity index (χ1) is 13.2. The SMILES string of the molecule is Cc1ccc(-c2nnc(NC(=O)c3ccc(S(=O)(=O)C(C)C)cc3)o2)c(C)c1. The van der Waals surface area contributed by atoms with Crippen LogP contribution in [-0.2, 0) is 9.84 Å². The summed E-state index contributed by atoms with van der Waals surface area (Å²) in [7, 11) is -3.39. The lowest BCUT2D eigenvalue weighted by Gasteiger charge is -2.08. The third-order valence-corrected chi connectivity index (χ3v) is 6.49. The number of nitrogens with one attached hydrogen (secondary N) is 1. The summed E-state index contributed by atoms with van der Waals surface area (Å²) in [5, 5.41) is 9.83. The van der Waals surface area contributed by atoms with Crippen LogP contribution in [0.3, 0.4) is 0 Å². The van der Waals surface area contributed by atoms with Crippen molar-refractivity contribution in [3.05, 3.63) is 59.2 Å². The van der Waals surface area contributed by atoms with Gasteiger partial charge in [0, 0.05) is 11.1 Å². The monoisotopic (exact) mass is 399 g/mol. The summed E-state index contributed by atoms with van der Waals surface area (Å²) in [5.41, 5.74) is 3.19. The molecule has 3 aromatic rings. The molecule has 146 valence electrons. The summed E-state index contributed by atoms with van der Waals surface area (Å²) >= 11 is 0. The molecule has 0 unspecified atom stereocenters. The van der Waals surface area contributed by atoms with Gasteiger partial charge in [0.05, 0.1) is 10.1 Å². The van der Waals surface area contributed by atoms with E-state index in [2.05, 4.69) is 15.5 Å². The first-order valence-electron chi connectivity index (χ1n) is 8.75. The minimum absolute atomic E-state index is 0.0288. The number of hydrogen-bond donors (Lipinski definition) is 1. The Bertz CT molecular complexity index is 1120. The zero-order chi connectivity index (χ0) is 20.5. The van der Waals surface area contributed by atoms with Gasteiger partial charge in [0.2, 0.25) is 5.89 Å². The number of carbonyl (C=O) groups is 1. The fourth-order valence-electron chi connectivity index (χ4n) is 2.67. The molecule has 0 atom stereocenters. The number of benzene rings is 2. The van der Waals surface area contributed by atoms with Crippen molar-refractivity contribution < 1.29 is 17.6 Å². The van der Waals surface area contributed by atoms with E-state index in [9.17, 15) is 13.2 Å². The van der Waals surface area contributed by atoms with Gasteiger partial charge in [-0.2, -0.15) is 0 Å². The summed E-state index contributed by atoms with van der Waals surface area (Å²) in [6.07, 6.45) is 0. The Kier molecular flexibility index (Phi) is 5.33. The number of nitrogens with zero attached hydrogens (tertiary/aromatic N) is 2. The molecule has 0 radical (unpaired) electrons. The predicted molar refractivity (Wildman–Crippen MR) is 106 cm³/mol. The highest BCUT2D eigenvalue weighted by molar-refractivity contribution is 7.92. The minimum atomic E-state index is -3.39. The second kappa shape index (κ2) is 7.55. The van der Waals surface area contributed by atoms with Gasteiger partial charge in [-0.15, -0.1) is 5.10 Å². The Morgan fingerprint density at radius 2 is 1.71 bits per heavy atom. The van der Waals surface area contributed by atoms with Gasteiger partial charge in [0.25, 0.3) is 5.91 Å². The molecule has 0 fully saturated rings. The van der Waals surface area contributed by atoms with E-state index in [0.717, 1.165) is 16.7 Å². The van der Waals surface area contributed by atoms with Crippen LogP contribution in [0, 0.1) is 13.8 Å². The quantitative estimate of drug-likeness (QED) is 0.700. The van der Waals surface area contributed by atoms with Crippen LogP contribution in [0.1, 0.15) is 35.3 Å². The highest BCUT2D eigenvalue weighted by Crippen LogP contribution is 2.24. The van der Waals surface area contributed by atoms with E-state index in [1.165, 1.54) is 24.3 Å². The number of carbonyl (C=O) groups excluding carboxylic acids is 1. The number of sulfone groups is 1. The first kappa shape index (κ1) is 19.8. The van der Waals surface area contributed by atoms with Crippen molar-refractivity contribution >= 4 is 21.8 Å². The van der Waals surface area contributed by atoms with Gasteiger partial charge in [0.15, 0.2) is 9.84 Å². The maximum Gasteiger partial charge on any atom is 0.322 e. The smallest absolute Gasteiger partial charge is 0.322 e. The highest BCUT2D eigenvalue weighted by atomic mass is 32.2. The van der Waals surface area contributed by atoms with Crippen molar-refractivity contribution in [3.8, 4) is 11.5 Å². The number of aryl methyl sites for hydroxylation is 2. The predicted octanol–water partition coefficient (Wildman–Crippen LogP) is 3.79. The van der Waals surface area contributed by atoms with Crippen LogP contribution in [0.2, 0.25) is 0 Å². The number of rotatable bonds is 5. The van der Waals surface area contributed by atoms with E-state index in [1.807, 2.05) is 32.0 Å². The van der Waals surface area contributed by atoms with Gasteiger partial charge in [-0.3, -0.25) is 10.1 Å². The van der Waals surface area contributed by atoms with Gasteiger partial charge in [-0.05, 0) is 63.6 Å². The number of anilines is 1. The van der Waals surface area contributed by atoms with Crippen molar-refractivity contribution in [2.45, 2.75) is 37.8 Å².